The number of benzene rings is 2. The van der Waals surface area contributed by atoms with Crippen LogP contribution in [0.4, 0.5) is 0 Å². The first-order chi connectivity index (χ1) is 11.8. The quantitative estimate of drug-likeness (QED) is 0.565. The van der Waals surface area contributed by atoms with Crippen LogP contribution >= 0.6 is 15.9 Å². The summed E-state index contributed by atoms with van der Waals surface area (Å²) < 4.78 is 27.7. The zero-order valence-corrected chi connectivity index (χ0v) is 15.4. The summed E-state index contributed by atoms with van der Waals surface area (Å²) in [5.74, 6) is 1.35. The molecule has 0 aliphatic carbocycles. The van der Waals surface area contributed by atoms with Gasteiger partial charge < -0.3 is 23.7 Å². The Morgan fingerprint density at radius 2 is 1.42 bits per heavy atom. The van der Waals surface area contributed by atoms with Gasteiger partial charge in [-0.3, -0.25) is 0 Å². The summed E-state index contributed by atoms with van der Waals surface area (Å²) in [4.78, 5) is 0. The summed E-state index contributed by atoms with van der Waals surface area (Å²) in [6, 6.07) is 13.6. The number of ether oxygens (including phenoxy) is 5. The lowest BCUT2D eigenvalue weighted by Crippen LogP contribution is -2.06. The van der Waals surface area contributed by atoms with E-state index in [1.165, 1.54) is 0 Å². The van der Waals surface area contributed by atoms with Crippen LogP contribution in [0.5, 0.6) is 11.5 Å². The molecule has 0 spiro atoms. The van der Waals surface area contributed by atoms with E-state index in [0.29, 0.717) is 24.7 Å². The van der Waals surface area contributed by atoms with Gasteiger partial charge in [0, 0.05) is 19.8 Å². The van der Waals surface area contributed by atoms with Gasteiger partial charge >= 0.3 is 0 Å². The van der Waals surface area contributed by atoms with Gasteiger partial charge in [-0.05, 0) is 33.6 Å². The number of hydrogen-bond acceptors (Lipinski definition) is 5. The van der Waals surface area contributed by atoms with Gasteiger partial charge in [0.05, 0.1) is 17.7 Å². The number of halogens is 1. The van der Waals surface area contributed by atoms with E-state index in [1.807, 2.05) is 42.5 Å². The second kappa shape index (κ2) is 10.3. The fourth-order valence-corrected chi connectivity index (χ4v) is 2.61. The van der Waals surface area contributed by atoms with Crippen LogP contribution in [0.25, 0.3) is 0 Å². The van der Waals surface area contributed by atoms with Crippen LogP contribution in [0, 0.1) is 0 Å². The molecule has 24 heavy (non-hydrogen) atoms. The monoisotopic (exact) mass is 396 g/mol. The molecule has 2 rings (SSSR count). The molecule has 5 nitrogen and oxygen atoms in total. The Balaban J connectivity index is 2.10. The average Bonchev–Trinajstić information content (AvgIpc) is 2.62. The molecular formula is C18H21BrO5. The second-order valence-corrected chi connectivity index (χ2v) is 5.73. The third-order valence-electron chi connectivity index (χ3n) is 3.19. The highest BCUT2D eigenvalue weighted by molar-refractivity contribution is 9.10. The molecule has 0 N–H and O–H groups in total. The van der Waals surface area contributed by atoms with Crippen molar-refractivity contribution in [3.63, 3.8) is 0 Å². The van der Waals surface area contributed by atoms with Gasteiger partial charge in [0.15, 0.2) is 13.6 Å². The third kappa shape index (κ3) is 5.49. The van der Waals surface area contributed by atoms with E-state index in [4.69, 9.17) is 23.7 Å². The van der Waals surface area contributed by atoms with E-state index < -0.39 is 0 Å². The van der Waals surface area contributed by atoms with Crippen molar-refractivity contribution < 1.29 is 23.7 Å². The summed E-state index contributed by atoms with van der Waals surface area (Å²) in [5.41, 5.74) is 1.97. The van der Waals surface area contributed by atoms with Crippen molar-refractivity contribution in [2.75, 3.05) is 27.8 Å². The van der Waals surface area contributed by atoms with E-state index >= 15 is 0 Å². The Kier molecular flexibility index (Phi) is 8.04. The maximum Gasteiger partial charge on any atom is 0.188 e. The van der Waals surface area contributed by atoms with Crippen LogP contribution in [0.15, 0.2) is 46.9 Å². The lowest BCUT2D eigenvalue weighted by Gasteiger charge is -2.16. The number of hydrogen-bond donors (Lipinski definition) is 0. The van der Waals surface area contributed by atoms with E-state index in [1.54, 1.807) is 14.2 Å². The normalized spacial score (nSPS) is 10.6. The maximum atomic E-state index is 5.83. The zero-order valence-electron chi connectivity index (χ0n) is 13.8. The molecule has 0 heterocycles. The Labute approximate surface area is 150 Å². The van der Waals surface area contributed by atoms with Gasteiger partial charge in [-0.15, -0.1) is 0 Å². The minimum Gasteiger partial charge on any atom is -0.467 e. The first kappa shape index (κ1) is 18.7. The molecule has 0 atom stereocenters. The molecule has 0 saturated carbocycles. The standard InChI is InChI=1S/C18H21BrO5/c1-20-12-23-16-8-9-17(24-13-21-2)18(19)15(16)11-22-10-14-6-4-3-5-7-14/h3-9H,10-13H2,1-2H3. The molecule has 0 aliphatic rings. The van der Waals surface area contributed by atoms with Crippen LogP contribution in [0.1, 0.15) is 11.1 Å². The molecule has 0 aliphatic heterocycles. The first-order valence-electron chi connectivity index (χ1n) is 7.42. The lowest BCUT2D eigenvalue weighted by molar-refractivity contribution is 0.0440. The van der Waals surface area contributed by atoms with Crippen molar-refractivity contribution >= 4 is 15.9 Å². The Bertz CT molecular complexity index is 618. The molecule has 2 aromatic rings. The minimum atomic E-state index is 0.163. The van der Waals surface area contributed by atoms with Gasteiger partial charge in [0.25, 0.3) is 0 Å². The van der Waals surface area contributed by atoms with Crippen LogP contribution in [-0.2, 0) is 27.4 Å². The predicted molar refractivity (Wildman–Crippen MR) is 94.1 cm³/mol. The first-order valence-corrected chi connectivity index (χ1v) is 8.22. The van der Waals surface area contributed by atoms with Crippen LogP contribution in [0.3, 0.4) is 0 Å². The smallest absolute Gasteiger partial charge is 0.188 e. The molecule has 0 bridgehead atoms. The lowest BCUT2D eigenvalue weighted by atomic mass is 10.2. The zero-order chi connectivity index (χ0) is 17.2. The van der Waals surface area contributed by atoms with Crippen LogP contribution in [-0.4, -0.2) is 27.8 Å². The minimum absolute atomic E-state index is 0.163. The summed E-state index contributed by atoms with van der Waals surface area (Å²) in [6.07, 6.45) is 0. The fourth-order valence-electron chi connectivity index (χ4n) is 2.05. The molecule has 130 valence electrons. The summed E-state index contributed by atoms with van der Waals surface area (Å²) in [7, 11) is 3.16. The number of rotatable bonds is 10. The van der Waals surface area contributed by atoms with Crippen molar-refractivity contribution in [3.8, 4) is 11.5 Å². The van der Waals surface area contributed by atoms with Crippen LogP contribution < -0.4 is 9.47 Å². The SMILES string of the molecule is COCOc1ccc(OCOC)c(COCc2ccccc2)c1Br. The van der Waals surface area contributed by atoms with Gasteiger partial charge in [-0.25, -0.2) is 0 Å². The van der Waals surface area contributed by atoms with E-state index in [9.17, 15) is 0 Å². The van der Waals surface area contributed by atoms with Gasteiger partial charge in [-0.1, -0.05) is 30.3 Å². The molecule has 0 amide bonds. The highest BCUT2D eigenvalue weighted by Gasteiger charge is 2.14. The summed E-state index contributed by atoms with van der Waals surface area (Å²) in [6.45, 7) is 1.22. The molecule has 0 saturated heterocycles. The molecule has 0 radical (unpaired) electrons. The molecule has 2 aromatic carbocycles. The third-order valence-corrected chi connectivity index (χ3v) is 4.06. The van der Waals surface area contributed by atoms with Gasteiger partial charge in [-0.2, -0.15) is 0 Å². The topological polar surface area (TPSA) is 46.2 Å². The maximum absolute atomic E-state index is 5.83. The predicted octanol–water partition coefficient (Wildman–Crippen LogP) is 4.13. The molecular weight excluding hydrogens is 376 g/mol. The molecule has 0 aromatic heterocycles. The van der Waals surface area contributed by atoms with Gasteiger partial charge in [0.2, 0.25) is 0 Å². The Morgan fingerprint density at radius 3 is 2.08 bits per heavy atom. The van der Waals surface area contributed by atoms with Crippen LogP contribution in [0.2, 0.25) is 0 Å². The highest BCUT2D eigenvalue weighted by Crippen LogP contribution is 2.36. The largest absolute Gasteiger partial charge is 0.467 e. The van der Waals surface area contributed by atoms with E-state index in [-0.39, 0.29) is 13.6 Å². The summed E-state index contributed by atoms with van der Waals surface area (Å²) >= 11 is 3.56. The van der Waals surface area contributed by atoms with Crippen molar-refractivity contribution in [2.24, 2.45) is 0 Å². The second-order valence-electron chi connectivity index (χ2n) is 4.93. The van der Waals surface area contributed by atoms with E-state index in [0.717, 1.165) is 15.6 Å². The van der Waals surface area contributed by atoms with Crippen molar-refractivity contribution in [1.29, 1.82) is 0 Å². The van der Waals surface area contributed by atoms with Crippen molar-refractivity contribution in [1.82, 2.24) is 0 Å². The average molecular weight is 397 g/mol. The fraction of sp³-hybridized carbons (Fsp3) is 0.333. The molecule has 0 unspecified atom stereocenters. The molecule has 0 fully saturated rings. The van der Waals surface area contributed by atoms with Crippen molar-refractivity contribution in [3.05, 3.63) is 58.1 Å². The summed E-state index contributed by atoms with van der Waals surface area (Å²) in [5, 5.41) is 0. The van der Waals surface area contributed by atoms with E-state index in [2.05, 4.69) is 15.9 Å². The van der Waals surface area contributed by atoms with Crippen molar-refractivity contribution in [2.45, 2.75) is 13.2 Å². The van der Waals surface area contributed by atoms with Gasteiger partial charge in [0.1, 0.15) is 11.5 Å². The Morgan fingerprint density at radius 1 is 0.792 bits per heavy atom. The highest BCUT2D eigenvalue weighted by atomic mass is 79.9. The molecule has 6 heteroatoms. The Hall–Kier alpha value is -1.60. The number of methoxy groups -OCH3 is 2.